The van der Waals surface area contributed by atoms with E-state index >= 15 is 0 Å². The Morgan fingerprint density at radius 3 is 2.25 bits per heavy atom. The molecule has 0 bridgehead atoms. The topological polar surface area (TPSA) is 29.1 Å². The van der Waals surface area contributed by atoms with Gasteiger partial charge in [0.2, 0.25) is 0 Å². The molecular formula is C14H17NO. The molecule has 1 N–H and O–H groups in total. The lowest BCUT2D eigenvalue weighted by Gasteiger charge is -2.01. The summed E-state index contributed by atoms with van der Waals surface area (Å²) in [6.07, 6.45) is 0. The predicted molar refractivity (Wildman–Crippen MR) is 68.7 cm³/mol. The number of hydrogen-bond acceptors (Lipinski definition) is 1. The smallest absolute Gasteiger partial charge is 0.251 e. The molecule has 16 heavy (non-hydrogen) atoms. The molecule has 0 saturated carbocycles. The van der Waals surface area contributed by atoms with Crippen LogP contribution in [0.25, 0.3) is 10.8 Å². The average molecular weight is 215 g/mol. The molecule has 0 unspecified atom stereocenters. The lowest BCUT2D eigenvalue weighted by Crippen LogP contribution is -2.17. The quantitative estimate of drug-likeness (QED) is 0.777. The minimum absolute atomic E-state index is 0.0456. The van der Waals surface area contributed by atoms with Gasteiger partial charge in [-0.25, -0.2) is 0 Å². The van der Waals surface area contributed by atoms with Crippen LogP contribution in [0.5, 0.6) is 0 Å². The maximum Gasteiger partial charge on any atom is 0.251 e. The lowest BCUT2D eigenvalue weighted by atomic mass is 10.1. The zero-order valence-electron chi connectivity index (χ0n) is 9.95. The van der Waals surface area contributed by atoms with Gasteiger partial charge >= 0.3 is 0 Å². The van der Waals surface area contributed by atoms with Crippen LogP contribution in [0.4, 0.5) is 0 Å². The normalized spacial score (nSPS) is 9.19. The van der Waals surface area contributed by atoms with Gasteiger partial charge in [0.15, 0.2) is 0 Å². The summed E-state index contributed by atoms with van der Waals surface area (Å²) in [5.74, 6) is -0.0456. The van der Waals surface area contributed by atoms with Crippen molar-refractivity contribution in [3.63, 3.8) is 0 Å². The summed E-state index contributed by atoms with van der Waals surface area (Å²) in [6, 6.07) is 13.7. The fraction of sp³-hybridized carbons (Fsp3) is 0.214. The van der Waals surface area contributed by atoms with Crippen LogP contribution in [0.15, 0.2) is 42.5 Å². The van der Waals surface area contributed by atoms with Gasteiger partial charge in [-0.3, -0.25) is 4.79 Å². The molecule has 0 atom stereocenters. The summed E-state index contributed by atoms with van der Waals surface area (Å²) < 4.78 is 0. The molecule has 0 fully saturated rings. The van der Waals surface area contributed by atoms with E-state index in [9.17, 15) is 4.79 Å². The second kappa shape index (κ2) is 5.91. The van der Waals surface area contributed by atoms with Crippen LogP contribution in [0.1, 0.15) is 24.2 Å². The van der Waals surface area contributed by atoms with Gasteiger partial charge in [-0.05, 0) is 22.9 Å². The zero-order chi connectivity index (χ0) is 12.0. The van der Waals surface area contributed by atoms with Crippen molar-refractivity contribution >= 4 is 16.7 Å². The van der Waals surface area contributed by atoms with Crippen molar-refractivity contribution in [2.45, 2.75) is 13.8 Å². The summed E-state index contributed by atoms with van der Waals surface area (Å²) in [5, 5.41) is 4.85. The molecule has 0 aliphatic carbocycles. The Kier molecular flexibility index (Phi) is 4.52. The van der Waals surface area contributed by atoms with Crippen LogP contribution in [0.3, 0.4) is 0 Å². The highest BCUT2D eigenvalue weighted by molar-refractivity contribution is 5.98. The summed E-state index contributed by atoms with van der Waals surface area (Å²) in [5.41, 5.74) is 0.700. The molecule has 0 aromatic heterocycles. The number of benzene rings is 2. The highest BCUT2D eigenvalue weighted by Gasteiger charge is 2.02. The van der Waals surface area contributed by atoms with Crippen LogP contribution < -0.4 is 5.32 Å². The van der Waals surface area contributed by atoms with E-state index < -0.39 is 0 Å². The van der Waals surface area contributed by atoms with Gasteiger partial charge < -0.3 is 5.32 Å². The van der Waals surface area contributed by atoms with Crippen LogP contribution in [-0.4, -0.2) is 13.0 Å². The zero-order valence-corrected chi connectivity index (χ0v) is 9.95. The first-order chi connectivity index (χ1) is 7.81. The van der Waals surface area contributed by atoms with E-state index in [2.05, 4.69) is 5.32 Å². The van der Waals surface area contributed by atoms with Crippen molar-refractivity contribution in [1.82, 2.24) is 5.32 Å². The van der Waals surface area contributed by atoms with Gasteiger partial charge in [-0.1, -0.05) is 44.2 Å². The molecule has 2 aromatic carbocycles. The number of carbonyl (C=O) groups excluding carboxylic acids is 1. The van der Waals surface area contributed by atoms with E-state index in [4.69, 9.17) is 0 Å². The first-order valence-electron chi connectivity index (χ1n) is 5.52. The Bertz CT molecular complexity index is 477. The maximum absolute atomic E-state index is 11.3. The Morgan fingerprint density at radius 2 is 1.62 bits per heavy atom. The second-order valence-corrected chi connectivity index (χ2v) is 3.14. The minimum atomic E-state index is -0.0456. The van der Waals surface area contributed by atoms with Crippen molar-refractivity contribution in [3.8, 4) is 0 Å². The Labute approximate surface area is 96.3 Å². The molecule has 2 heteroatoms. The van der Waals surface area contributed by atoms with E-state index in [0.717, 1.165) is 10.8 Å². The van der Waals surface area contributed by atoms with E-state index in [1.54, 1.807) is 7.05 Å². The number of fused-ring (bicyclic) bond motifs is 1. The fourth-order valence-corrected chi connectivity index (χ4v) is 1.47. The highest BCUT2D eigenvalue weighted by atomic mass is 16.1. The average Bonchev–Trinajstić information content (AvgIpc) is 2.39. The lowest BCUT2D eigenvalue weighted by molar-refractivity contribution is 0.0963. The van der Waals surface area contributed by atoms with Crippen LogP contribution in [-0.2, 0) is 0 Å². The number of nitrogens with one attached hydrogen (secondary N) is 1. The van der Waals surface area contributed by atoms with Crippen molar-refractivity contribution in [2.75, 3.05) is 7.05 Å². The highest BCUT2D eigenvalue weighted by Crippen LogP contribution is 2.15. The van der Waals surface area contributed by atoms with Crippen molar-refractivity contribution in [1.29, 1.82) is 0 Å². The molecule has 2 nitrogen and oxygen atoms in total. The number of rotatable bonds is 1. The molecule has 84 valence electrons. The summed E-state index contributed by atoms with van der Waals surface area (Å²) in [7, 11) is 1.64. The first-order valence-corrected chi connectivity index (χ1v) is 5.52. The third-order valence-electron chi connectivity index (χ3n) is 2.24. The van der Waals surface area contributed by atoms with E-state index in [1.165, 1.54) is 0 Å². The molecule has 0 spiro atoms. The van der Waals surface area contributed by atoms with Gasteiger partial charge in [0, 0.05) is 12.6 Å². The standard InChI is InChI=1S/C12H11NO.C2H6/c1-13-12(14)11-7-6-9-4-2-3-5-10(9)8-11;1-2/h2-8H,1H3,(H,13,14);1-2H3. The van der Waals surface area contributed by atoms with Crippen molar-refractivity contribution < 1.29 is 4.79 Å². The maximum atomic E-state index is 11.3. The third-order valence-corrected chi connectivity index (χ3v) is 2.24. The fourth-order valence-electron chi connectivity index (χ4n) is 1.47. The number of amides is 1. The molecule has 0 aliphatic rings. The van der Waals surface area contributed by atoms with Crippen LogP contribution in [0.2, 0.25) is 0 Å². The van der Waals surface area contributed by atoms with E-state index in [0.29, 0.717) is 5.56 Å². The third kappa shape index (κ3) is 2.60. The molecule has 0 aliphatic heterocycles. The molecule has 2 rings (SSSR count). The second-order valence-electron chi connectivity index (χ2n) is 3.14. The molecule has 2 aromatic rings. The van der Waals surface area contributed by atoms with Gasteiger partial charge in [-0.2, -0.15) is 0 Å². The van der Waals surface area contributed by atoms with Gasteiger partial charge in [0.1, 0.15) is 0 Å². The summed E-state index contributed by atoms with van der Waals surface area (Å²) >= 11 is 0. The van der Waals surface area contributed by atoms with Crippen LogP contribution in [0, 0.1) is 0 Å². The number of hydrogen-bond donors (Lipinski definition) is 1. The number of carbonyl (C=O) groups is 1. The first kappa shape index (κ1) is 12.2. The van der Waals surface area contributed by atoms with Gasteiger partial charge in [0.05, 0.1) is 0 Å². The largest absolute Gasteiger partial charge is 0.355 e. The minimum Gasteiger partial charge on any atom is -0.355 e. The Morgan fingerprint density at radius 1 is 1.00 bits per heavy atom. The van der Waals surface area contributed by atoms with Crippen LogP contribution >= 0.6 is 0 Å². The van der Waals surface area contributed by atoms with Gasteiger partial charge in [0.25, 0.3) is 5.91 Å². The molecule has 0 radical (unpaired) electrons. The van der Waals surface area contributed by atoms with Gasteiger partial charge in [-0.15, -0.1) is 0 Å². The SMILES string of the molecule is CC.CNC(=O)c1ccc2ccccc2c1. The monoisotopic (exact) mass is 215 g/mol. The predicted octanol–water partition coefficient (Wildman–Crippen LogP) is 3.23. The van der Waals surface area contributed by atoms with Crippen molar-refractivity contribution in [2.24, 2.45) is 0 Å². The summed E-state index contributed by atoms with van der Waals surface area (Å²) in [6.45, 7) is 4.00. The van der Waals surface area contributed by atoms with E-state index in [-0.39, 0.29) is 5.91 Å². The van der Waals surface area contributed by atoms with Crippen molar-refractivity contribution in [3.05, 3.63) is 48.0 Å². The van der Waals surface area contributed by atoms with E-state index in [1.807, 2.05) is 56.3 Å². The summed E-state index contributed by atoms with van der Waals surface area (Å²) in [4.78, 5) is 11.3. The Hall–Kier alpha value is -1.83. The molecule has 1 amide bonds. The Balaban J connectivity index is 0.000000606. The molecule has 0 saturated heterocycles. The molecular weight excluding hydrogens is 198 g/mol. The molecule has 0 heterocycles.